The van der Waals surface area contributed by atoms with Crippen molar-refractivity contribution in [3.8, 4) is 5.75 Å². The summed E-state index contributed by atoms with van der Waals surface area (Å²) in [5, 5.41) is 0. The van der Waals surface area contributed by atoms with Crippen LogP contribution in [-0.2, 0) is 4.74 Å². The molecule has 1 aromatic heterocycles. The monoisotopic (exact) mass is 183 g/mol. The summed E-state index contributed by atoms with van der Waals surface area (Å²) in [6.45, 7) is 2.70. The van der Waals surface area contributed by atoms with Gasteiger partial charge in [0.25, 0.3) is 5.56 Å². The van der Waals surface area contributed by atoms with Gasteiger partial charge in [0.15, 0.2) is 0 Å². The summed E-state index contributed by atoms with van der Waals surface area (Å²) in [5.41, 5.74) is 0.480. The van der Waals surface area contributed by atoms with E-state index in [0.717, 1.165) is 0 Å². The summed E-state index contributed by atoms with van der Waals surface area (Å²) in [6, 6.07) is 1.73. The van der Waals surface area contributed by atoms with Gasteiger partial charge in [0.2, 0.25) is 0 Å². The molecule has 0 aromatic carbocycles. The molecule has 0 saturated carbocycles. The van der Waals surface area contributed by atoms with Gasteiger partial charge in [0.05, 0.1) is 12.2 Å². The first-order valence-electron chi connectivity index (χ1n) is 4.05. The smallest absolute Gasteiger partial charge is 0.254 e. The van der Waals surface area contributed by atoms with Gasteiger partial charge in [-0.3, -0.25) is 4.79 Å². The second kappa shape index (κ2) is 4.67. The second-order valence-electron chi connectivity index (χ2n) is 2.64. The van der Waals surface area contributed by atoms with Crippen LogP contribution in [0.1, 0.15) is 5.56 Å². The van der Waals surface area contributed by atoms with Gasteiger partial charge in [0, 0.05) is 13.3 Å². The van der Waals surface area contributed by atoms with Crippen molar-refractivity contribution in [1.82, 2.24) is 4.98 Å². The van der Waals surface area contributed by atoms with Gasteiger partial charge in [-0.05, 0) is 13.0 Å². The molecule has 1 N–H and O–H groups in total. The van der Waals surface area contributed by atoms with Gasteiger partial charge >= 0.3 is 0 Å². The number of methoxy groups -OCH3 is 1. The lowest BCUT2D eigenvalue weighted by Gasteiger charge is -2.06. The third-order valence-electron chi connectivity index (χ3n) is 1.70. The number of ether oxygens (including phenoxy) is 2. The van der Waals surface area contributed by atoms with Crippen LogP contribution in [0.2, 0.25) is 0 Å². The number of aromatic amines is 1. The molecular formula is C9H13NO3. The second-order valence-corrected chi connectivity index (χ2v) is 2.64. The SMILES string of the molecule is COCCOc1cc[nH]c(=O)c1C. The van der Waals surface area contributed by atoms with E-state index >= 15 is 0 Å². The Labute approximate surface area is 76.5 Å². The maximum atomic E-state index is 11.1. The zero-order valence-electron chi connectivity index (χ0n) is 7.79. The van der Waals surface area contributed by atoms with Crippen molar-refractivity contribution in [3.05, 3.63) is 28.2 Å². The zero-order valence-corrected chi connectivity index (χ0v) is 7.79. The van der Waals surface area contributed by atoms with Crippen LogP contribution in [0, 0.1) is 6.92 Å². The van der Waals surface area contributed by atoms with E-state index in [1.165, 1.54) is 0 Å². The van der Waals surface area contributed by atoms with Crippen LogP contribution in [0.5, 0.6) is 5.75 Å². The molecule has 13 heavy (non-hydrogen) atoms. The third-order valence-corrected chi connectivity index (χ3v) is 1.70. The van der Waals surface area contributed by atoms with E-state index in [9.17, 15) is 4.79 Å². The Hall–Kier alpha value is -1.29. The van der Waals surface area contributed by atoms with Crippen LogP contribution in [0.4, 0.5) is 0 Å². The quantitative estimate of drug-likeness (QED) is 0.699. The highest BCUT2D eigenvalue weighted by molar-refractivity contribution is 5.28. The van der Waals surface area contributed by atoms with Crippen molar-refractivity contribution in [3.63, 3.8) is 0 Å². The molecular weight excluding hydrogens is 170 g/mol. The maximum absolute atomic E-state index is 11.1. The molecule has 0 fully saturated rings. The van der Waals surface area contributed by atoms with Crippen molar-refractivity contribution in [2.45, 2.75) is 6.92 Å². The van der Waals surface area contributed by atoms with E-state index in [-0.39, 0.29) is 5.56 Å². The van der Waals surface area contributed by atoms with Gasteiger partial charge in [-0.1, -0.05) is 0 Å². The molecule has 0 bridgehead atoms. The molecule has 0 amide bonds. The summed E-state index contributed by atoms with van der Waals surface area (Å²) in [7, 11) is 1.61. The van der Waals surface area contributed by atoms with Crippen molar-refractivity contribution in [2.24, 2.45) is 0 Å². The molecule has 0 radical (unpaired) electrons. The molecule has 72 valence electrons. The molecule has 0 aliphatic heterocycles. The third kappa shape index (κ3) is 2.59. The van der Waals surface area contributed by atoms with Crippen LogP contribution >= 0.6 is 0 Å². The molecule has 1 rings (SSSR count). The fraction of sp³-hybridized carbons (Fsp3) is 0.444. The van der Waals surface area contributed by atoms with Crippen molar-refractivity contribution >= 4 is 0 Å². The maximum Gasteiger partial charge on any atom is 0.254 e. The van der Waals surface area contributed by atoms with Gasteiger partial charge in [-0.2, -0.15) is 0 Å². The summed E-state index contributed by atoms with van der Waals surface area (Å²) < 4.78 is 10.1. The number of rotatable bonds is 4. The van der Waals surface area contributed by atoms with Gasteiger partial charge in [0.1, 0.15) is 12.4 Å². The first-order valence-corrected chi connectivity index (χ1v) is 4.05. The Morgan fingerprint density at radius 3 is 2.92 bits per heavy atom. The number of H-pyrrole nitrogens is 1. The molecule has 0 aliphatic carbocycles. The average Bonchev–Trinajstić information content (AvgIpc) is 2.13. The molecule has 0 spiro atoms. The lowest BCUT2D eigenvalue weighted by molar-refractivity contribution is 0.146. The lowest BCUT2D eigenvalue weighted by Crippen LogP contribution is -2.12. The molecule has 1 heterocycles. The Kier molecular flexibility index (Phi) is 3.52. The average molecular weight is 183 g/mol. The van der Waals surface area contributed by atoms with Crippen molar-refractivity contribution < 1.29 is 9.47 Å². The minimum absolute atomic E-state index is 0.116. The molecule has 0 saturated heterocycles. The van der Waals surface area contributed by atoms with Crippen molar-refractivity contribution in [1.29, 1.82) is 0 Å². The van der Waals surface area contributed by atoms with E-state index in [2.05, 4.69) is 4.98 Å². The topological polar surface area (TPSA) is 51.3 Å². The lowest BCUT2D eigenvalue weighted by atomic mass is 10.3. The van der Waals surface area contributed by atoms with Crippen LogP contribution in [0.25, 0.3) is 0 Å². The fourth-order valence-electron chi connectivity index (χ4n) is 0.930. The van der Waals surface area contributed by atoms with E-state index in [0.29, 0.717) is 24.5 Å². The molecule has 1 aromatic rings. The molecule has 4 nitrogen and oxygen atoms in total. The molecule has 0 unspecified atom stereocenters. The first-order chi connectivity index (χ1) is 6.25. The Bertz CT molecular complexity index is 319. The minimum Gasteiger partial charge on any atom is -0.491 e. The number of hydrogen-bond donors (Lipinski definition) is 1. The van der Waals surface area contributed by atoms with E-state index < -0.39 is 0 Å². The number of hydrogen-bond acceptors (Lipinski definition) is 3. The zero-order chi connectivity index (χ0) is 9.68. The standard InChI is InChI=1S/C9H13NO3/c1-7-8(13-6-5-12-2)3-4-10-9(7)11/h3-4H,5-6H2,1-2H3,(H,10,11). The Morgan fingerprint density at radius 2 is 2.23 bits per heavy atom. The van der Waals surface area contributed by atoms with E-state index in [1.807, 2.05) is 0 Å². The largest absolute Gasteiger partial charge is 0.491 e. The van der Waals surface area contributed by atoms with Crippen LogP contribution in [0.3, 0.4) is 0 Å². The normalized spacial score (nSPS) is 10.0. The van der Waals surface area contributed by atoms with Crippen LogP contribution < -0.4 is 10.3 Å². The predicted octanol–water partition coefficient (Wildman–Crippen LogP) is 0.709. The fourth-order valence-corrected chi connectivity index (χ4v) is 0.930. The summed E-state index contributed by atoms with van der Waals surface area (Å²) in [5.74, 6) is 0.612. The predicted molar refractivity (Wildman–Crippen MR) is 49.2 cm³/mol. The van der Waals surface area contributed by atoms with Crippen molar-refractivity contribution in [2.75, 3.05) is 20.3 Å². The van der Waals surface area contributed by atoms with Crippen LogP contribution in [0.15, 0.2) is 17.1 Å². The highest BCUT2D eigenvalue weighted by Gasteiger charge is 2.01. The Balaban J connectivity index is 2.66. The van der Waals surface area contributed by atoms with Gasteiger partial charge < -0.3 is 14.5 Å². The summed E-state index contributed by atoms with van der Waals surface area (Å²) >= 11 is 0. The highest BCUT2D eigenvalue weighted by Crippen LogP contribution is 2.10. The summed E-state index contributed by atoms with van der Waals surface area (Å²) in [6.07, 6.45) is 1.57. The van der Waals surface area contributed by atoms with Gasteiger partial charge in [-0.25, -0.2) is 0 Å². The minimum atomic E-state index is -0.116. The number of aromatic nitrogens is 1. The summed E-state index contributed by atoms with van der Waals surface area (Å²) in [4.78, 5) is 13.7. The van der Waals surface area contributed by atoms with Crippen LogP contribution in [-0.4, -0.2) is 25.3 Å². The molecule has 0 aliphatic rings. The van der Waals surface area contributed by atoms with E-state index in [1.54, 1.807) is 26.3 Å². The van der Waals surface area contributed by atoms with Gasteiger partial charge in [-0.15, -0.1) is 0 Å². The molecule has 0 atom stereocenters. The highest BCUT2D eigenvalue weighted by atomic mass is 16.5. The number of pyridine rings is 1. The number of nitrogens with one attached hydrogen (secondary N) is 1. The molecule has 4 heteroatoms. The van der Waals surface area contributed by atoms with E-state index in [4.69, 9.17) is 9.47 Å². The first kappa shape index (κ1) is 9.80. The Morgan fingerprint density at radius 1 is 1.46 bits per heavy atom.